The predicted octanol–water partition coefficient (Wildman–Crippen LogP) is 2.98. The molecule has 0 aliphatic heterocycles. The molecule has 2 N–H and O–H groups in total. The van der Waals surface area contributed by atoms with Gasteiger partial charge in [0.05, 0.1) is 0 Å². The molecular weight excluding hydrogens is 276 g/mol. The van der Waals surface area contributed by atoms with E-state index in [4.69, 9.17) is 0 Å². The van der Waals surface area contributed by atoms with E-state index in [-0.39, 0.29) is 5.91 Å². The first-order chi connectivity index (χ1) is 10.6. The van der Waals surface area contributed by atoms with Crippen molar-refractivity contribution in [3.63, 3.8) is 0 Å². The molecule has 1 fully saturated rings. The van der Waals surface area contributed by atoms with Crippen LogP contribution in [0.2, 0.25) is 0 Å². The van der Waals surface area contributed by atoms with Crippen molar-refractivity contribution in [2.45, 2.75) is 39.2 Å². The molecule has 1 aliphatic rings. The van der Waals surface area contributed by atoms with E-state index in [9.17, 15) is 4.79 Å². The van der Waals surface area contributed by atoms with Gasteiger partial charge in [0.2, 0.25) is 0 Å². The van der Waals surface area contributed by atoms with E-state index in [0.717, 1.165) is 24.9 Å². The van der Waals surface area contributed by atoms with Crippen LogP contribution < -0.4 is 10.6 Å². The standard InChI is InChI=1S/C17H20N4O/c1-3-12-4-6-13(7-5-12)20-16-10-15(18-11(2)19-16)17(22)21-14-8-9-14/h4-7,10,14H,3,8-9H2,1-2H3,(H,21,22)(H,18,19,20). The number of carbonyl (C=O) groups excluding carboxylic acids is 1. The lowest BCUT2D eigenvalue weighted by Crippen LogP contribution is -2.26. The number of rotatable bonds is 5. The third-order valence-electron chi connectivity index (χ3n) is 3.62. The van der Waals surface area contributed by atoms with Crippen LogP contribution in [0.3, 0.4) is 0 Å². The van der Waals surface area contributed by atoms with E-state index in [2.05, 4.69) is 39.7 Å². The number of aromatic nitrogens is 2. The molecule has 22 heavy (non-hydrogen) atoms. The fraction of sp³-hybridized carbons (Fsp3) is 0.353. The predicted molar refractivity (Wildman–Crippen MR) is 86.4 cm³/mol. The third-order valence-corrected chi connectivity index (χ3v) is 3.62. The molecule has 0 unspecified atom stereocenters. The zero-order valence-corrected chi connectivity index (χ0v) is 12.9. The maximum absolute atomic E-state index is 12.1. The highest BCUT2D eigenvalue weighted by atomic mass is 16.2. The van der Waals surface area contributed by atoms with Gasteiger partial charge in [-0.2, -0.15) is 0 Å². The normalized spacial score (nSPS) is 13.7. The zero-order chi connectivity index (χ0) is 15.5. The van der Waals surface area contributed by atoms with Gasteiger partial charge in [-0.15, -0.1) is 0 Å². The first-order valence-electron chi connectivity index (χ1n) is 7.66. The van der Waals surface area contributed by atoms with Crippen LogP contribution in [0.25, 0.3) is 0 Å². The van der Waals surface area contributed by atoms with Crippen molar-refractivity contribution in [1.82, 2.24) is 15.3 Å². The van der Waals surface area contributed by atoms with Gasteiger partial charge in [0.15, 0.2) is 0 Å². The molecule has 1 heterocycles. The Kier molecular flexibility index (Phi) is 4.04. The van der Waals surface area contributed by atoms with Crippen LogP contribution in [0, 0.1) is 6.92 Å². The van der Waals surface area contributed by atoms with Crippen molar-refractivity contribution < 1.29 is 4.79 Å². The van der Waals surface area contributed by atoms with Crippen LogP contribution in [-0.4, -0.2) is 21.9 Å². The molecule has 1 amide bonds. The van der Waals surface area contributed by atoms with Crippen LogP contribution >= 0.6 is 0 Å². The van der Waals surface area contributed by atoms with Crippen molar-refractivity contribution in [1.29, 1.82) is 0 Å². The zero-order valence-electron chi connectivity index (χ0n) is 12.9. The van der Waals surface area contributed by atoms with Crippen molar-refractivity contribution in [3.8, 4) is 0 Å². The van der Waals surface area contributed by atoms with Crippen molar-refractivity contribution >= 4 is 17.4 Å². The summed E-state index contributed by atoms with van der Waals surface area (Å²) in [5.74, 6) is 1.09. The number of benzene rings is 1. The second-order valence-electron chi connectivity index (χ2n) is 5.61. The summed E-state index contributed by atoms with van der Waals surface area (Å²) in [4.78, 5) is 20.7. The highest BCUT2D eigenvalue weighted by molar-refractivity contribution is 5.93. The van der Waals surface area contributed by atoms with Crippen molar-refractivity contribution in [2.24, 2.45) is 0 Å². The molecule has 5 heteroatoms. The molecule has 0 spiro atoms. The van der Waals surface area contributed by atoms with Crippen LogP contribution in [0.5, 0.6) is 0 Å². The number of hydrogen-bond acceptors (Lipinski definition) is 4. The van der Waals surface area contributed by atoms with Gasteiger partial charge in [-0.05, 0) is 43.9 Å². The van der Waals surface area contributed by atoms with E-state index in [1.807, 2.05) is 12.1 Å². The number of aryl methyl sites for hydroxylation is 2. The van der Waals surface area contributed by atoms with Gasteiger partial charge >= 0.3 is 0 Å². The highest BCUT2D eigenvalue weighted by Gasteiger charge is 2.24. The molecule has 1 aromatic heterocycles. The molecule has 0 radical (unpaired) electrons. The molecule has 0 atom stereocenters. The van der Waals surface area contributed by atoms with E-state index in [0.29, 0.717) is 23.4 Å². The molecule has 1 aromatic carbocycles. The quantitative estimate of drug-likeness (QED) is 0.890. The third kappa shape index (κ3) is 3.61. The molecule has 1 aliphatic carbocycles. The highest BCUT2D eigenvalue weighted by Crippen LogP contribution is 2.20. The van der Waals surface area contributed by atoms with Crippen LogP contribution in [0.1, 0.15) is 41.6 Å². The van der Waals surface area contributed by atoms with Gasteiger partial charge in [0.25, 0.3) is 5.91 Å². The summed E-state index contributed by atoms with van der Waals surface area (Å²) >= 11 is 0. The van der Waals surface area contributed by atoms with Gasteiger partial charge in [0, 0.05) is 17.8 Å². The Bertz CT molecular complexity index is 678. The summed E-state index contributed by atoms with van der Waals surface area (Å²) in [6.45, 7) is 3.92. The monoisotopic (exact) mass is 296 g/mol. The number of amides is 1. The average Bonchev–Trinajstić information content (AvgIpc) is 3.31. The SMILES string of the molecule is CCc1ccc(Nc2cc(C(=O)NC3CC3)nc(C)n2)cc1. The first kappa shape index (κ1) is 14.5. The van der Waals surface area contributed by atoms with Gasteiger partial charge < -0.3 is 10.6 Å². The molecule has 114 valence electrons. The first-order valence-corrected chi connectivity index (χ1v) is 7.66. The van der Waals surface area contributed by atoms with Crippen LogP contribution in [0.15, 0.2) is 30.3 Å². The molecular formula is C17H20N4O. The molecule has 0 saturated heterocycles. The van der Waals surface area contributed by atoms with E-state index in [1.165, 1.54) is 5.56 Å². The average molecular weight is 296 g/mol. The molecule has 1 saturated carbocycles. The van der Waals surface area contributed by atoms with E-state index in [1.54, 1.807) is 13.0 Å². The minimum Gasteiger partial charge on any atom is -0.348 e. The Hall–Kier alpha value is -2.43. The lowest BCUT2D eigenvalue weighted by molar-refractivity contribution is 0.0945. The Morgan fingerprint density at radius 1 is 1.23 bits per heavy atom. The lowest BCUT2D eigenvalue weighted by Gasteiger charge is -2.09. The Morgan fingerprint density at radius 2 is 1.95 bits per heavy atom. The summed E-state index contributed by atoms with van der Waals surface area (Å²) in [7, 11) is 0. The summed E-state index contributed by atoms with van der Waals surface area (Å²) in [6, 6.07) is 10.2. The van der Waals surface area contributed by atoms with Gasteiger partial charge in [-0.3, -0.25) is 4.79 Å². The Labute approximate surface area is 130 Å². The van der Waals surface area contributed by atoms with Crippen molar-refractivity contribution in [3.05, 3.63) is 47.4 Å². The van der Waals surface area contributed by atoms with Gasteiger partial charge in [-0.25, -0.2) is 9.97 Å². The van der Waals surface area contributed by atoms with Crippen LogP contribution in [0.4, 0.5) is 11.5 Å². The smallest absolute Gasteiger partial charge is 0.270 e. The maximum atomic E-state index is 12.1. The minimum absolute atomic E-state index is 0.127. The summed E-state index contributed by atoms with van der Waals surface area (Å²) in [5.41, 5.74) is 2.64. The number of nitrogens with zero attached hydrogens (tertiary/aromatic N) is 2. The number of anilines is 2. The molecule has 3 rings (SSSR count). The largest absolute Gasteiger partial charge is 0.348 e. The van der Waals surface area contributed by atoms with Gasteiger partial charge in [-0.1, -0.05) is 19.1 Å². The lowest BCUT2D eigenvalue weighted by atomic mass is 10.1. The summed E-state index contributed by atoms with van der Waals surface area (Å²) in [6.07, 6.45) is 3.13. The minimum atomic E-state index is -0.127. The fourth-order valence-corrected chi connectivity index (χ4v) is 2.21. The Morgan fingerprint density at radius 3 is 2.59 bits per heavy atom. The van der Waals surface area contributed by atoms with Crippen molar-refractivity contribution in [2.75, 3.05) is 5.32 Å². The maximum Gasteiger partial charge on any atom is 0.270 e. The second kappa shape index (κ2) is 6.13. The molecule has 2 aromatic rings. The second-order valence-corrected chi connectivity index (χ2v) is 5.61. The summed E-state index contributed by atoms with van der Waals surface area (Å²) < 4.78 is 0. The topological polar surface area (TPSA) is 66.9 Å². The van der Waals surface area contributed by atoms with E-state index < -0.39 is 0 Å². The number of carbonyl (C=O) groups is 1. The van der Waals surface area contributed by atoms with Gasteiger partial charge in [0.1, 0.15) is 17.3 Å². The number of hydrogen-bond donors (Lipinski definition) is 2. The number of nitrogens with one attached hydrogen (secondary N) is 2. The summed E-state index contributed by atoms with van der Waals surface area (Å²) in [5, 5.41) is 6.18. The van der Waals surface area contributed by atoms with Crippen LogP contribution in [-0.2, 0) is 6.42 Å². The molecule has 0 bridgehead atoms. The molecule has 5 nitrogen and oxygen atoms in total. The fourth-order valence-electron chi connectivity index (χ4n) is 2.21. The Balaban J connectivity index is 1.77. The van der Waals surface area contributed by atoms with E-state index >= 15 is 0 Å².